The van der Waals surface area contributed by atoms with Gasteiger partial charge in [-0.15, -0.1) is 0 Å². The maximum Gasteiger partial charge on any atom is 0.311 e. The predicted molar refractivity (Wildman–Crippen MR) is 124 cm³/mol. The summed E-state index contributed by atoms with van der Waals surface area (Å²) < 4.78 is 10.7. The van der Waals surface area contributed by atoms with Crippen molar-refractivity contribution >= 4 is 11.9 Å². The van der Waals surface area contributed by atoms with E-state index in [1.165, 1.54) is 12.7 Å². The van der Waals surface area contributed by atoms with E-state index in [0.29, 0.717) is 12.3 Å². The SMILES string of the molecule is CCC(C)(C)C(=O)O[C@H]1C[C@@H](C)C=C2C=C[C@H](C)[C@H](CC[C@@H](O)C[C@@H](O)CC(=O)OC)[C@H]21. The van der Waals surface area contributed by atoms with Crippen molar-refractivity contribution in [2.24, 2.45) is 29.1 Å². The van der Waals surface area contributed by atoms with Gasteiger partial charge in [-0.05, 0) is 69.3 Å². The standard InChI is InChI=1S/C26H42O6/c1-7-26(4,5)25(30)32-22-13-16(2)12-18-9-8-17(3)21(24(18)22)11-10-19(27)14-20(28)15-23(29)31-6/h8-9,12,16-17,19-22,24,27-28H,7,10-11,13-15H2,1-6H3/t16-,17-,19+,20+,21-,22-,24-/m0/s1. The minimum atomic E-state index is -0.919. The third kappa shape index (κ3) is 6.92. The number of rotatable bonds is 10. The van der Waals surface area contributed by atoms with Crippen molar-refractivity contribution in [3.05, 3.63) is 23.8 Å². The highest BCUT2D eigenvalue weighted by Crippen LogP contribution is 2.45. The Balaban J connectivity index is 2.10. The molecule has 2 aliphatic rings. The first-order chi connectivity index (χ1) is 15.0. The topological polar surface area (TPSA) is 93.1 Å². The van der Waals surface area contributed by atoms with E-state index in [9.17, 15) is 19.8 Å². The zero-order valence-electron chi connectivity index (χ0n) is 20.5. The van der Waals surface area contributed by atoms with Crippen LogP contribution in [0.15, 0.2) is 23.8 Å². The highest BCUT2D eigenvalue weighted by molar-refractivity contribution is 5.76. The molecule has 182 valence electrons. The van der Waals surface area contributed by atoms with Crippen molar-refractivity contribution in [3.63, 3.8) is 0 Å². The largest absolute Gasteiger partial charge is 0.469 e. The van der Waals surface area contributed by atoms with Crippen LogP contribution in [-0.2, 0) is 19.1 Å². The van der Waals surface area contributed by atoms with E-state index in [1.54, 1.807) is 0 Å². The molecule has 6 heteroatoms. The number of aliphatic hydroxyl groups excluding tert-OH is 2. The predicted octanol–water partition coefficient (Wildman–Crippen LogP) is 4.19. The Hall–Kier alpha value is -1.66. The van der Waals surface area contributed by atoms with Crippen LogP contribution in [0.1, 0.15) is 73.1 Å². The first kappa shape index (κ1) is 26.6. The van der Waals surface area contributed by atoms with Crippen LogP contribution < -0.4 is 0 Å². The summed E-state index contributed by atoms with van der Waals surface area (Å²) >= 11 is 0. The smallest absolute Gasteiger partial charge is 0.311 e. The average Bonchev–Trinajstić information content (AvgIpc) is 2.72. The lowest BCUT2D eigenvalue weighted by Crippen LogP contribution is -2.43. The summed E-state index contributed by atoms with van der Waals surface area (Å²) in [6.45, 7) is 10.2. The Morgan fingerprint density at radius 2 is 1.91 bits per heavy atom. The number of ether oxygens (including phenoxy) is 2. The molecule has 0 aliphatic heterocycles. The second-order valence-corrected chi connectivity index (χ2v) is 10.4. The first-order valence-corrected chi connectivity index (χ1v) is 12.0. The Morgan fingerprint density at radius 1 is 1.22 bits per heavy atom. The van der Waals surface area contributed by atoms with E-state index in [1.807, 2.05) is 20.8 Å². The number of fused-ring (bicyclic) bond motifs is 1. The van der Waals surface area contributed by atoms with Gasteiger partial charge < -0.3 is 19.7 Å². The van der Waals surface area contributed by atoms with Crippen molar-refractivity contribution in [2.45, 2.75) is 91.5 Å². The van der Waals surface area contributed by atoms with Gasteiger partial charge in [-0.2, -0.15) is 0 Å². The van der Waals surface area contributed by atoms with Crippen LogP contribution in [0.5, 0.6) is 0 Å². The van der Waals surface area contributed by atoms with E-state index >= 15 is 0 Å². The van der Waals surface area contributed by atoms with Gasteiger partial charge in [0.25, 0.3) is 0 Å². The summed E-state index contributed by atoms with van der Waals surface area (Å²) in [6, 6.07) is 0. The highest BCUT2D eigenvalue weighted by Gasteiger charge is 2.42. The molecule has 2 aliphatic carbocycles. The molecule has 0 radical (unpaired) electrons. The van der Waals surface area contributed by atoms with Crippen LogP contribution >= 0.6 is 0 Å². The van der Waals surface area contributed by atoms with Gasteiger partial charge >= 0.3 is 11.9 Å². The van der Waals surface area contributed by atoms with E-state index < -0.39 is 23.6 Å². The number of hydrogen-bond acceptors (Lipinski definition) is 6. The number of aliphatic hydroxyl groups is 2. The van der Waals surface area contributed by atoms with Crippen molar-refractivity contribution in [3.8, 4) is 0 Å². The van der Waals surface area contributed by atoms with Gasteiger partial charge in [0.05, 0.1) is 31.2 Å². The monoisotopic (exact) mass is 450 g/mol. The zero-order valence-corrected chi connectivity index (χ0v) is 20.5. The lowest BCUT2D eigenvalue weighted by atomic mass is 9.65. The average molecular weight is 451 g/mol. The fourth-order valence-corrected chi connectivity index (χ4v) is 4.84. The number of esters is 2. The van der Waals surface area contributed by atoms with Gasteiger partial charge in [0.2, 0.25) is 0 Å². The third-order valence-electron chi connectivity index (χ3n) is 7.30. The van der Waals surface area contributed by atoms with Crippen molar-refractivity contribution in [1.82, 2.24) is 0 Å². The molecule has 2 N–H and O–H groups in total. The highest BCUT2D eigenvalue weighted by atomic mass is 16.5. The zero-order chi connectivity index (χ0) is 24.1. The molecule has 0 heterocycles. The first-order valence-electron chi connectivity index (χ1n) is 12.0. The van der Waals surface area contributed by atoms with Gasteiger partial charge in [-0.3, -0.25) is 9.59 Å². The van der Waals surface area contributed by atoms with Gasteiger partial charge in [0.1, 0.15) is 6.10 Å². The number of allylic oxidation sites excluding steroid dienone is 3. The van der Waals surface area contributed by atoms with Crippen LogP contribution in [0.3, 0.4) is 0 Å². The number of methoxy groups -OCH3 is 1. The van der Waals surface area contributed by atoms with E-state index in [-0.39, 0.29) is 42.7 Å². The summed E-state index contributed by atoms with van der Waals surface area (Å²) in [7, 11) is 1.28. The molecule has 0 bridgehead atoms. The maximum absolute atomic E-state index is 12.9. The Labute approximate surface area is 193 Å². The minimum absolute atomic E-state index is 0.106. The molecule has 0 spiro atoms. The van der Waals surface area contributed by atoms with Crippen LogP contribution in [0, 0.1) is 29.1 Å². The number of hydrogen-bond donors (Lipinski definition) is 2. The summed E-state index contributed by atoms with van der Waals surface area (Å²) in [6.07, 6.45) is 7.67. The summed E-state index contributed by atoms with van der Waals surface area (Å²) in [5.74, 6) is 0.329. The van der Waals surface area contributed by atoms with Crippen LogP contribution in [0.25, 0.3) is 0 Å². The molecule has 0 fully saturated rings. The molecule has 0 unspecified atom stereocenters. The Bertz CT molecular complexity index is 709. The molecule has 0 saturated carbocycles. The molecule has 2 rings (SSSR count). The number of carbonyl (C=O) groups excluding carboxylic acids is 2. The third-order valence-corrected chi connectivity index (χ3v) is 7.30. The van der Waals surface area contributed by atoms with Crippen molar-refractivity contribution in [1.29, 1.82) is 0 Å². The van der Waals surface area contributed by atoms with Crippen LogP contribution in [0.4, 0.5) is 0 Å². The molecular weight excluding hydrogens is 408 g/mol. The summed E-state index contributed by atoms with van der Waals surface area (Å²) in [5.41, 5.74) is 0.710. The van der Waals surface area contributed by atoms with Gasteiger partial charge in [0.15, 0.2) is 0 Å². The molecular formula is C26H42O6. The Morgan fingerprint density at radius 3 is 2.53 bits per heavy atom. The van der Waals surface area contributed by atoms with E-state index in [2.05, 4.69) is 36.8 Å². The van der Waals surface area contributed by atoms with Crippen LogP contribution in [0.2, 0.25) is 0 Å². The number of carbonyl (C=O) groups is 2. The molecule has 0 saturated heterocycles. The minimum Gasteiger partial charge on any atom is -0.469 e. The lowest BCUT2D eigenvalue weighted by molar-refractivity contribution is -0.164. The second-order valence-electron chi connectivity index (χ2n) is 10.4. The molecule has 7 atom stereocenters. The van der Waals surface area contributed by atoms with Gasteiger partial charge in [0, 0.05) is 5.92 Å². The normalized spacial score (nSPS) is 29.5. The molecule has 6 nitrogen and oxygen atoms in total. The Kier molecular flexibility index (Phi) is 9.53. The molecule has 0 aromatic heterocycles. The van der Waals surface area contributed by atoms with E-state index in [4.69, 9.17) is 4.74 Å². The summed E-state index contributed by atoms with van der Waals surface area (Å²) in [5, 5.41) is 20.5. The fourth-order valence-electron chi connectivity index (χ4n) is 4.84. The molecule has 0 aromatic carbocycles. The molecule has 0 amide bonds. The summed E-state index contributed by atoms with van der Waals surface area (Å²) in [4.78, 5) is 24.2. The second kappa shape index (κ2) is 11.5. The van der Waals surface area contributed by atoms with E-state index in [0.717, 1.165) is 19.3 Å². The lowest BCUT2D eigenvalue weighted by Gasteiger charge is -2.44. The molecule has 32 heavy (non-hydrogen) atoms. The van der Waals surface area contributed by atoms with Crippen molar-refractivity contribution in [2.75, 3.05) is 7.11 Å². The maximum atomic E-state index is 12.9. The fraction of sp³-hybridized carbons (Fsp3) is 0.769. The van der Waals surface area contributed by atoms with Crippen molar-refractivity contribution < 1.29 is 29.3 Å². The van der Waals surface area contributed by atoms with Gasteiger partial charge in [-0.25, -0.2) is 0 Å². The quantitative estimate of drug-likeness (QED) is 0.485. The molecule has 0 aromatic rings. The van der Waals surface area contributed by atoms with Gasteiger partial charge in [-0.1, -0.05) is 39.0 Å². The van der Waals surface area contributed by atoms with Crippen LogP contribution in [-0.4, -0.2) is 47.6 Å².